The van der Waals surface area contributed by atoms with Crippen molar-refractivity contribution < 1.29 is 14.6 Å². The molecule has 1 unspecified atom stereocenters. The molecule has 5 nitrogen and oxygen atoms in total. The van der Waals surface area contributed by atoms with Crippen LogP contribution in [0.4, 0.5) is 0 Å². The van der Waals surface area contributed by atoms with Crippen LogP contribution in [-0.2, 0) is 9.53 Å². The fourth-order valence-corrected chi connectivity index (χ4v) is 3.42. The summed E-state index contributed by atoms with van der Waals surface area (Å²) in [6.45, 7) is 2.04. The number of piperidine rings is 1. The number of rotatable bonds is 6. The van der Waals surface area contributed by atoms with Crippen LogP contribution in [0.5, 0.6) is 0 Å². The van der Waals surface area contributed by atoms with Crippen LogP contribution in [-0.4, -0.2) is 44.4 Å². The summed E-state index contributed by atoms with van der Waals surface area (Å²) in [7, 11) is 1.60. The molecule has 128 valence electrons. The maximum Gasteiger partial charge on any atom is 0.228 e. The van der Waals surface area contributed by atoms with Gasteiger partial charge in [-0.15, -0.1) is 0 Å². The van der Waals surface area contributed by atoms with Crippen molar-refractivity contribution in [2.45, 2.75) is 18.9 Å². The van der Waals surface area contributed by atoms with E-state index in [0.29, 0.717) is 35.1 Å². The minimum absolute atomic E-state index is 0.0898. The number of amides is 1. The first-order valence-corrected chi connectivity index (χ1v) is 8.34. The Kier molecular flexibility index (Phi) is 6.68. The zero-order valence-electron chi connectivity index (χ0n) is 13.1. The summed E-state index contributed by atoms with van der Waals surface area (Å²) in [4.78, 5) is 12.6. The molecular formula is C16H22Cl2N2O3. The van der Waals surface area contributed by atoms with Crippen LogP contribution in [0.15, 0.2) is 18.2 Å². The lowest BCUT2D eigenvalue weighted by Crippen LogP contribution is -2.50. The number of methoxy groups -OCH3 is 1. The minimum atomic E-state index is -0.864. The summed E-state index contributed by atoms with van der Waals surface area (Å²) in [5.41, 5.74) is 0.0417. The van der Waals surface area contributed by atoms with E-state index in [1.54, 1.807) is 25.3 Å². The molecule has 1 aliphatic heterocycles. The fraction of sp³-hybridized carbons (Fsp3) is 0.562. The van der Waals surface area contributed by atoms with E-state index >= 15 is 0 Å². The molecule has 0 saturated carbocycles. The molecule has 1 atom stereocenters. The lowest BCUT2D eigenvalue weighted by molar-refractivity contribution is -0.136. The molecule has 2 rings (SSSR count). The van der Waals surface area contributed by atoms with Crippen molar-refractivity contribution in [1.82, 2.24) is 10.6 Å². The quantitative estimate of drug-likeness (QED) is 0.726. The number of hydrogen-bond donors (Lipinski definition) is 3. The van der Waals surface area contributed by atoms with Gasteiger partial charge in [0, 0.05) is 23.7 Å². The van der Waals surface area contributed by atoms with Gasteiger partial charge in [-0.2, -0.15) is 0 Å². The molecule has 0 bridgehead atoms. The van der Waals surface area contributed by atoms with Gasteiger partial charge in [-0.3, -0.25) is 4.79 Å². The van der Waals surface area contributed by atoms with Gasteiger partial charge in [0.2, 0.25) is 5.91 Å². The van der Waals surface area contributed by atoms with E-state index in [0.717, 1.165) is 13.1 Å². The second-order valence-electron chi connectivity index (χ2n) is 5.89. The van der Waals surface area contributed by atoms with E-state index in [9.17, 15) is 9.90 Å². The molecular weight excluding hydrogens is 339 g/mol. The second kappa shape index (κ2) is 8.31. The van der Waals surface area contributed by atoms with Gasteiger partial charge in [0.1, 0.15) is 0 Å². The number of hydrogen-bond acceptors (Lipinski definition) is 4. The standard InChI is InChI=1S/C16H22Cl2N2O3/c1-23-10-16(2-4-19-5-3-16)15(22)20-9-14(21)11-6-12(17)8-13(18)7-11/h6-8,14,19,21H,2-5,9-10H2,1H3,(H,20,22). The zero-order chi connectivity index (χ0) is 16.9. The Labute approximate surface area is 146 Å². The van der Waals surface area contributed by atoms with Crippen LogP contribution in [0.2, 0.25) is 10.0 Å². The molecule has 1 aliphatic rings. The highest BCUT2D eigenvalue weighted by Gasteiger charge is 2.39. The molecule has 1 aromatic carbocycles. The van der Waals surface area contributed by atoms with Crippen molar-refractivity contribution in [3.63, 3.8) is 0 Å². The van der Waals surface area contributed by atoms with E-state index in [1.165, 1.54) is 0 Å². The third-order valence-corrected chi connectivity index (χ3v) is 4.63. The molecule has 1 amide bonds. The number of aliphatic hydroxyl groups excluding tert-OH is 1. The number of aliphatic hydroxyl groups is 1. The molecule has 0 aromatic heterocycles. The highest BCUT2D eigenvalue weighted by atomic mass is 35.5. The molecule has 0 radical (unpaired) electrons. The number of carbonyl (C=O) groups is 1. The Balaban J connectivity index is 1.99. The summed E-state index contributed by atoms with van der Waals surface area (Å²) in [5, 5.41) is 17.2. The number of nitrogens with one attached hydrogen (secondary N) is 2. The van der Waals surface area contributed by atoms with Crippen LogP contribution < -0.4 is 10.6 Å². The van der Waals surface area contributed by atoms with Crippen molar-refractivity contribution in [1.29, 1.82) is 0 Å². The maximum atomic E-state index is 12.6. The lowest BCUT2D eigenvalue weighted by atomic mass is 9.78. The molecule has 1 heterocycles. The average Bonchev–Trinajstić information content (AvgIpc) is 2.52. The number of ether oxygens (including phenoxy) is 1. The van der Waals surface area contributed by atoms with Gasteiger partial charge >= 0.3 is 0 Å². The summed E-state index contributed by atoms with van der Waals surface area (Å²) in [6, 6.07) is 4.87. The Morgan fingerprint density at radius 3 is 2.52 bits per heavy atom. The largest absolute Gasteiger partial charge is 0.387 e. The van der Waals surface area contributed by atoms with E-state index in [1.807, 2.05) is 0 Å². The Morgan fingerprint density at radius 1 is 1.35 bits per heavy atom. The highest BCUT2D eigenvalue weighted by Crippen LogP contribution is 2.30. The highest BCUT2D eigenvalue weighted by molar-refractivity contribution is 6.34. The Hall–Kier alpha value is -0.850. The SMILES string of the molecule is COCC1(C(=O)NCC(O)c2cc(Cl)cc(Cl)c2)CCNCC1. The van der Waals surface area contributed by atoms with Crippen molar-refractivity contribution in [2.24, 2.45) is 5.41 Å². The van der Waals surface area contributed by atoms with E-state index < -0.39 is 11.5 Å². The van der Waals surface area contributed by atoms with Crippen molar-refractivity contribution in [2.75, 3.05) is 33.4 Å². The van der Waals surface area contributed by atoms with Gasteiger partial charge < -0.3 is 20.5 Å². The summed E-state index contributed by atoms with van der Waals surface area (Å²) in [5.74, 6) is -0.0898. The fourth-order valence-electron chi connectivity index (χ4n) is 2.88. The van der Waals surface area contributed by atoms with Crippen LogP contribution in [0.3, 0.4) is 0 Å². The first-order chi connectivity index (χ1) is 11.0. The smallest absolute Gasteiger partial charge is 0.228 e. The molecule has 0 aliphatic carbocycles. The molecule has 23 heavy (non-hydrogen) atoms. The van der Waals surface area contributed by atoms with E-state index in [2.05, 4.69) is 10.6 Å². The summed E-state index contributed by atoms with van der Waals surface area (Å²) < 4.78 is 5.24. The topological polar surface area (TPSA) is 70.6 Å². The third kappa shape index (κ3) is 4.81. The summed E-state index contributed by atoms with van der Waals surface area (Å²) >= 11 is 11.9. The van der Waals surface area contributed by atoms with Gasteiger partial charge in [0.25, 0.3) is 0 Å². The van der Waals surface area contributed by atoms with E-state index in [-0.39, 0.29) is 12.5 Å². The Bertz CT molecular complexity index is 522. The summed E-state index contributed by atoms with van der Waals surface area (Å²) in [6.07, 6.45) is 0.564. The Morgan fingerprint density at radius 2 is 1.96 bits per heavy atom. The molecule has 7 heteroatoms. The van der Waals surface area contributed by atoms with Gasteiger partial charge in [-0.25, -0.2) is 0 Å². The van der Waals surface area contributed by atoms with Crippen LogP contribution in [0, 0.1) is 5.41 Å². The number of halogens is 2. The predicted molar refractivity (Wildman–Crippen MR) is 90.8 cm³/mol. The van der Waals surface area contributed by atoms with Crippen molar-refractivity contribution in [3.8, 4) is 0 Å². The van der Waals surface area contributed by atoms with Crippen LogP contribution >= 0.6 is 23.2 Å². The van der Waals surface area contributed by atoms with Crippen molar-refractivity contribution in [3.05, 3.63) is 33.8 Å². The third-order valence-electron chi connectivity index (χ3n) is 4.19. The van der Waals surface area contributed by atoms with Crippen molar-refractivity contribution >= 4 is 29.1 Å². The minimum Gasteiger partial charge on any atom is -0.387 e. The lowest BCUT2D eigenvalue weighted by Gasteiger charge is -2.35. The number of benzene rings is 1. The molecule has 3 N–H and O–H groups in total. The van der Waals surface area contributed by atoms with Crippen LogP contribution in [0.1, 0.15) is 24.5 Å². The van der Waals surface area contributed by atoms with E-state index in [4.69, 9.17) is 27.9 Å². The predicted octanol–water partition coefficient (Wildman–Crippen LogP) is 2.16. The van der Waals surface area contributed by atoms with Crippen LogP contribution in [0.25, 0.3) is 0 Å². The average molecular weight is 361 g/mol. The van der Waals surface area contributed by atoms with Gasteiger partial charge in [-0.05, 0) is 49.7 Å². The van der Waals surface area contributed by atoms with Gasteiger partial charge in [0.05, 0.1) is 18.1 Å². The zero-order valence-corrected chi connectivity index (χ0v) is 14.6. The molecule has 1 aromatic rings. The molecule has 0 spiro atoms. The van der Waals surface area contributed by atoms with Gasteiger partial charge in [-0.1, -0.05) is 23.2 Å². The monoisotopic (exact) mass is 360 g/mol. The normalized spacial score (nSPS) is 18.4. The second-order valence-corrected chi connectivity index (χ2v) is 6.76. The first-order valence-electron chi connectivity index (χ1n) is 7.59. The molecule has 1 saturated heterocycles. The molecule has 1 fully saturated rings. The first kappa shape index (κ1) is 18.5. The number of carbonyl (C=O) groups excluding carboxylic acids is 1. The van der Waals surface area contributed by atoms with Gasteiger partial charge in [0.15, 0.2) is 0 Å². The maximum absolute atomic E-state index is 12.6.